The van der Waals surface area contributed by atoms with Gasteiger partial charge in [0.2, 0.25) is 0 Å². The highest BCUT2D eigenvalue weighted by Gasteiger charge is 2.29. The Hall–Kier alpha value is -4.27. The van der Waals surface area contributed by atoms with Crippen LogP contribution in [0.5, 0.6) is 5.75 Å². The van der Waals surface area contributed by atoms with Crippen molar-refractivity contribution in [2.75, 3.05) is 51.4 Å². The first-order valence-corrected chi connectivity index (χ1v) is 12.0. The summed E-state index contributed by atoms with van der Waals surface area (Å²) < 4.78 is 26.5. The average molecular weight is 502 g/mol. The van der Waals surface area contributed by atoms with Crippen LogP contribution in [0, 0.1) is 17.1 Å². The number of nitriles is 1. The van der Waals surface area contributed by atoms with Gasteiger partial charge in [-0.05, 0) is 18.2 Å². The summed E-state index contributed by atoms with van der Waals surface area (Å²) in [7, 11) is 1.34. The van der Waals surface area contributed by atoms with Gasteiger partial charge in [0.05, 0.1) is 43.5 Å². The molecule has 0 saturated carbocycles. The Bertz CT molecular complexity index is 1560. The lowest BCUT2D eigenvalue weighted by Crippen LogP contribution is -2.56. The van der Waals surface area contributed by atoms with Crippen LogP contribution < -0.4 is 15.2 Å². The van der Waals surface area contributed by atoms with Gasteiger partial charge in [-0.3, -0.25) is 14.8 Å². The first kappa shape index (κ1) is 23.1. The molecule has 37 heavy (non-hydrogen) atoms. The molecule has 188 valence electrons. The van der Waals surface area contributed by atoms with Crippen LogP contribution in [-0.2, 0) is 4.74 Å². The maximum absolute atomic E-state index is 14.9. The van der Waals surface area contributed by atoms with Crippen LogP contribution in [-0.4, -0.2) is 77.4 Å². The van der Waals surface area contributed by atoms with Gasteiger partial charge < -0.3 is 14.4 Å². The number of anilines is 1. The van der Waals surface area contributed by atoms with Crippen molar-refractivity contribution in [2.45, 2.75) is 6.04 Å². The molecule has 2 aliphatic heterocycles. The third-order valence-electron chi connectivity index (χ3n) is 6.99. The zero-order valence-electron chi connectivity index (χ0n) is 20.1. The Morgan fingerprint density at radius 3 is 2.54 bits per heavy atom. The third-order valence-corrected chi connectivity index (χ3v) is 6.99. The number of nitrogens with zero attached hydrogens (tertiary/aromatic N) is 6. The van der Waals surface area contributed by atoms with E-state index in [1.807, 2.05) is 18.2 Å². The van der Waals surface area contributed by atoms with Crippen molar-refractivity contribution in [3.8, 4) is 28.8 Å². The number of ether oxygens (including phenoxy) is 2. The topological polar surface area (TPSA) is 112 Å². The molecular weight excluding hydrogens is 477 g/mol. The number of methoxy groups -OCH3 is 1. The predicted octanol–water partition coefficient (Wildman–Crippen LogP) is 2.32. The van der Waals surface area contributed by atoms with Gasteiger partial charge in [-0.2, -0.15) is 20.1 Å². The molecule has 0 atom stereocenters. The molecule has 4 heterocycles. The lowest BCUT2D eigenvalue weighted by Gasteiger charge is -2.43. The molecule has 6 rings (SSSR count). The van der Waals surface area contributed by atoms with E-state index in [1.54, 1.807) is 0 Å². The number of nitrogens with one attached hydrogen (secondary N) is 1. The van der Waals surface area contributed by atoms with Crippen LogP contribution in [0.4, 0.5) is 10.1 Å². The number of halogens is 1. The van der Waals surface area contributed by atoms with Gasteiger partial charge in [-0.1, -0.05) is 12.1 Å². The van der Waals surface area contributed by atoms with Gasteiger partial charge in [0.25, 0.3) is 5.56 Å². The Labute approximate surface area is 211 Å². The highest BCUT2D eigenvalue weighted by Crippen LogP contribution is 2.30. The zero-order valence-corrected chi connectivity index (χ0v) is 20.1. The largest absolute Gasteiger partial charge is 0.494 e. The molecule has 0 radical (unpaired) electrons. The highest BCUT2D eigenvalue weighted by molar-refractivity contribution is 5.89. The first-order valence-electron chi connectivity index (χ1n) is 12.0. The second-order valence-corrected chi connectivity index (χ2v) is 9.11. The van der Waals surface area contributed by atoms with E-state index in [-0.39, 0.29) is 17.0 Å². The van der Waals surface area contributed by atoms with Gasteiger partial charge in [0.15, 0.2) is 5.82 Å². The minimum atomic E-state index is -0.788. The van der Waals surface area contributed by atoms with Crippen molar-refractivity contribution in [1.29, 1.82) is 5.26 Å². The average Bonchev–Trinajstić information content (AvgIpc) is 3.30. The summed E-state index contributed by atoms with van der Waals surface area (Å²) in [6.45, 7) is 5.59. The van der Waals surface area contributed by atoms with Crippen LogP contribution in [0.15, 0.2) is 47.3 Å². The Morgan fingerprint density at radius 1 is 1.14 bits per heavy atom. The lowest BCUT2D eigenvalue weighted by molar-refractivity contribution is -0.0660. The second-order valence-electron chi connectivity index (χ2n) is 9.11. The molecule has 2 fully saturated rings. The summed E-state index contributed by atoms with van der Waals surface area (Å²) in [6.07, 6.45) is 0. The minimum absolute atomic E-state index is 0.0322. The number of hydrogen-bond acceptors (Lipinski definition) is 8. The predicted molar refractivity (Wildman–Crippen MR) is 135 cm³/mol. The molecule has 0 spiro atoms. The number of H-pyrrole nitrogens is 1. The Balaban J connectivity index is 1.31. The monoisotopic (exact) mass is 501 g/mol. The summed E-state index contributed by atoms with van der Waals surface area (Å²) in [5.41, 5.74) is 2.68. The number of rotatable bonds is 5. The van der Waals surface area contributed by atoms with Crippen LogP contribution in [0.2, 0.25) is 0 Å². The van der Waals surface area contributed by atoms with E-state index in [9.17, 15) is 9.18 Å². The number of hydrogen-bond donors (Lipinski definition) is 1. The molecule has 0 unspecified atom stereocenters. The summed E-state index contributed by atoms with van der Waals surface area (Å²) in [5, 5.41) is 20.8. The Morgan fingerprint density at radius 2 is 1.89 bits per heavy atom. The summed E-state index contributed by atoms with van der Waals surface area (Å²) in [4.78, 5) is 17.7. The standard InChI is InChI=1S/C26H24FN7O3/c1-36-22-11-16(13-28)10-20(27)26(22)34-23(35)12-21-25(31-34)24(30-29-21)17-2-4-18(5-3-17)32-6-8-33(9-7-32)19-14-37-15-19/h2-5,10-12,19,29H,6-9,14-15H2,1H3. The normalized spacial score (nSPS) is 16.5. The molecule has 2 saturated heterocycles. The summed E-state index contributed by atoms with van der Waals surface area (Å²) >= 11 is 0. The highest BCUT2D eigenvalue weighted by atomic mass is 19.1. The van der Waals surface area contributed by atoms with E-state index in [1.165, 1.54) is 19.2 Å². The molecular formula is C26H24FN7O3. The van der Waals surface area contributed by atoms with Gasteiger partial charge in [0.1, 0.15) is 22.6 Å². The SMILES string of the molecule is COc1cc(C#N)cc(F)c1-n1nc2c(-c3ccc(N4CCN(C5COC5)CC4)cc3)n[nH]c2cc1=O. The van der Waals surface area contributed by atoms with E-state index in [0.29, 0.717) is 22.8 Å². The quantitative estimate of drug-likeness (QED) is 0.444. The zero-order chi connectivity index (χ0) is 25.5. The molecule has 2 aromatic heterocycles. The van der Waals surface area contributed by atoms with E-state index < -0.39 is 11.4 Å². The molecule has 2 aliphatic rings. The maximum atomic E-state index is 14.9. The molecule has 0 bridgehead atoms. The fourth-order valence-corrected chi connectivity index (χ4v) is 4.86. The number of aromatic amines is 1. The van der Waals surface area contributed by atoms with E-state index in [2.05, 4.69) is 37.2 Å². The number of piperazine rings is 1. The number of fused-ring (bicyclic) bond motifs is 1. The fraction of sp³-hybridized carbons (Fsp3) is 0.308. The van der Waals surface area contributed by atoms with Crippen LogP contribution in [0.1, 0.15) is 5.56 Å². The smallest absolute Gasteiger partial charge is 0.273 e. The minimum Gasteiger partial charge on any atom is -0.494 e. The molecule has 0 amide bonds. The van der Waals surface area contributed by atoms with Crippen molar-refractivity contribution in [3.05, 3.63) is 64.2 Å². The lowest BCUT2D eigenvalue weighted by atomic mass is 10.1. The van der Waals surface area contributed by atoms with Crippen molar-refractivity contribution >= 4 is 16.7 Å². The van der Waals surface area contributed by atoms with Crippen molar-refractivity contribution < 1.29 is 13.9 Å². The van der Waals surface area contributed by atoms with Crippen LogP contribution in [0.25, 0.3) is 28.0 Å². The van der Waals surface area contributed by atoms with Crippen LogP contribution >= 0.6 is 0 Å². The van der Waals surface area contributed by atoms with E-state index >= 15 is 0 Å². The fourth-order valence-electron chi connectivity index (χ4n) is 4.86. The van der Waals surface area contributed by atoms with Gasteiger partial charge in [-0.25, -0.2) is 4.39 Å². The van der Waals surface area contributed by atoms with Gasteiger partial charge in [-0.15, -0.1) is 0 Å². The second kappa shape index (κ2) is 9.31. The molecule has 1 N–H and O–H groups in total. The van der Waals surface area contributed by atoms with Crippen molar-refractivity contribution in [2.24, 2.45) is 0 Å². The number of benzene rings is 2. The van der Waals surface area contributed by atoms with E-state index in [0.717, 1.165) is 61.4 Å². The molecule has 4 aromatic rings. The first-order chi connectivity index (χ1) is 18.1. The number of aromatic nitrogens is 4. The molecule has 2 aromatic carbocycles. The van der Waals surface area contributed by atoms with E-state index in [4.69, 9.17) is 14.7 Å². The third kappa shape index (κ3) is 4.10. The Kier molecular flexibility index (Phi) is 5.82. The van der Waals surface area contributed by atoms with Crippen molar-refractivity contribution in [3.63, 3.8) is 0 Å². The molecule has 0 aliphatic carbocycles. The van der Waals surface area contributed by atoms with Crippen LogP contribution in [0.3, 0.4) is 0 Å². The van der Waals surface area contributed by atoms with Gasteiger partial charge in [0, 0.05) is 49.6 Å². The maximum Gasteiger partial charge on any atom is 0.273 e. The molecule has 10 nitrogen and oxygen atoms in total. The summed E-state index contributed by atoms with van der Waals surface area (Å²) in [5.74, 6) is -0.756. The van der Waals surface area contributed by atoms with Crippen molar-refractivity contribution in [1.82, 2.24) is 24.9 Å². The molecule has 11 heteroatoms. The van der Waals surface area contributed by atoms with Gasteiger partial charge >= 0.3 is 0 Å². The summed E-state index contributed by atoms with van der Waals surface area (Å²) in [6, 6.07) is 14.2.